The molecule has 6 nitrogen and oxygen atoms in total. The van der Waals surface area contributed by atoms with Crippen molar-refractivity contribution in [2.24, 2.45) is 0 Å². The molecule has 1 aromatic rings. The largest absolute Gasteiger partial charge is 0.315 e. The molecule has 2 N–H and O–H groups in total. The monoisotopic (exact) mass is 312 g/mol. The van der Waals surface area contributed by atoms with Crippen LogP contribution in [0.25, 0.3) is 0 Å². The average Bonchev–Trinajstić information content (AvgIpc) is 2.47. The summed E-state index contributed by atoms with van der Waals surface area (Å²) in [4.78, 5) is 4.12. The molecule has 118 valence electrons. The highest BCUT2D eigenvalue weighted by molar-refractivity contribution is 7.90. The summed E-state index contributed by atoms with van der Waals surface area (Å²) in [6.45, 7) is 6.02. The number of likely N-dealkylation sites (N-methyl/N-ethyl adjacent to an activating group) is 1. The Morgan fingerprint density at radius 3 is 2.86 bits per heavy atom. The molecule has 7 heteroatoms. The number of pyridine rings is 1. The van der Waals surface area contributed by atoms with Gasteiger partial charge in [0.25, 0.3) is 0 Å². The zero-order chi connectivity index (χ0) is 15.3. The molecule has 1 fully saturated rings. The van der Waals surface area contributed by atoms with Gasteiger partial charge >= 0.3 is 10.2 Å². The topological polar surface area (TPSA) is 74.3 Å². The molecule has 21 heavy (non-hydrogen) atoms. The number of anilines is 1. The lowest BCUT2D eigenvalue weighted by atomic mass is 10.1. The first-order chi connectivity index (χ1) is 10.0. The van der Waals surface area contributed by atoms with Gasteiger partial charge in [-0.25, -0.2) is 0 Å². The Morgan fingerprint density at radius 1 is 1.38 bits per heavy atom. The molecule has 0 bridgehead atoms. The van der Waals surface area contributed by atoms with Crippen molar-refractivity contribution in [1.29, 1.82) is 0 Å². The van der Waals surface area contributed by atoms with E-state index in [2.05, 4.69) is 15.0 Å². The minimum atomic E-state index is -3.53. The first kappa shape index (κ1) is 16.2. The molecule has 1 aromatic heterocycles. The van der Waals surface area contributed by atoms with Crippen molar-refractivity contribution in [1.82, 2.24) is 14.6 Å². The van der Waals surface area contributed by atoms with E-state index in [1.54, 1.807) is 22.6 Å². The summed E-state index contributed by atoms with van der Waals surface area (Å²) in [5.74, 6) is 0. The van der Waals surface area contributed by atoms with Crippen LogP contribution < -0.4 is 10.0 Å². The maximum Gasteiger partial charge on any atom is 0.301 e. The zero-order valence-corrected chi connectivity index (χ0v) is 13.5. The Bertz CT molecular complexity index is 545. The fourth-order valence-electron chi connectivity index (χ4n) is 2.54. The van der Waals surface area contributed by atoms with Crippen LogP contribution >= 0.6 is 0 Å². The Kier molecular flexibility index (Phi) is 5.55. The summed E-state index contributed by atoms with van der Waals surface area (Å²) < 4.78 is 29.4. The van der Waals surface area contributed by atoms with Crippen molar-refractivity contribution in [2.45, 2.75) is 39.2 Å². The summed E-state index contributed by atoms with van der Waals surface area (Å²) in [6, 6.07) is 3.56. The van der Waals surface area contributed by atoms with Crippen molar-refractivity contribution in [3.05, 3.63) is 24.0 Å². The van der Waals surface area contributed by atoms with Crippen LogP contribution in [0.4, 0.5) is 5.69 Å². The van der Waals surface area contributed by atoms with Crippen LogP contribution in [-0.2, 0) is 10.2 Å². The number of nitrogens with one attached hydrogen (secondary N) is 2. The minimum absolute atomic E-state index is 0.0228. The highest BCUT2D eigenvalue weighted by Crippen LogP contribution is 2.21. The SMILES string of the molecule is CCNCC1CCCCN1S(=O)(=O)Nc1ccc(C)nc1. The zero-order valence-electron chi connectivity index (χ0n) is 12.7. The smallest absolute Gasteiger partial charge is 0.301 e. The number of aromatic nitrogens is 1. The number of aryl methyl sites for hydroxylation is 1. The van der Waals surface area contributed by atoms with Crippen molar-refractivity contribution >= 4 is 15.9 Å². The van der Waals surface area contributed by atoms with Gasteiger partial charge in [-0.2, -0.15) is 12.7 Å². The van der Waals surface area contributed by atoms with E-state index in [0.717, 1.165) is 31.5 Å². The van der Waals surface area contributed by atoms with Crippen molar-refractivity contribution in [3.8, 4) is 0 Å². The Balaban J connectivity index is 2.10. The Labute approximate surface area is 127 Å². The highest BCUT2D eigenvalue weighted by Gasteiger charge is 2.31. The maximum atomic E-state index is 12.6. The van der Waals surface area contributed by atoms with Gasteiger partial charge in [0.2, 0.25) is 0 Å². The summed E-state index contributed by atoms with van der Waals surface area (Å²) >= 11 is 0. The van der Waals surface area contributed by atoms with Crippen LogP contribution in [-0.4, -0.2) is 43.4 Å². The van der Waals surface area contributed by atoms with E-state index in [1.807, 2.05) is 13.8 Å². The fourth-order valence-corrected chi connectivity index (χ4v) is 4.02. The number of hydrogen-bond donors (Lipinski definition) is 2. The quantitative estimate of drug-likeness (QED) is 0.835. The Hall–Kier alpha value is -1.18. The van der Waals surface area contributed by atoms with Gasteiger partial charge in [0.05, 0.1) is 11.9 Å². The average molecular weight is 312 g/mol. The first-order valence-corrected chi connectivity index (χ1v) is 8.90. The van der Waals surface area contributed by atoms with Crippen LogP contribution in [0.3, 0.4) is 0 Å². The molecule has 1 atom stereocenters. The van der Waals surface area contributed by atoms with Gasteiger partial charge in [-0.15, -0.1) is 0 Å². The summed E-state index contributed by atoms with van der Waals surface area (Å²) in [6.07, 6.45) is 4.44. The molecule has 1 unspecified atom stereocenters. The molecular weight excluding hydrogens is 288 g/mol. The van der Waals surface area contributed by atoms with Gasteiger partial charge in [0.1, 0.15) is 0 Å². The minimum Gasteiger partial charge on any atom is -0.315 e. The van der Waals surface area contributed by atoms with Crippen LogP contribution in [0.5, 0.6) is 0 Å². The molecule has 0 aliphatic carbocycles. The number of piperidine rings is 1. The predicted octanol–water partition coefficient (Wildman–Crippen LogP) is 1.51. The van der Waals surface area contributed by atoms with E-state index >= 15 is 0 Å². The second kappa shape index (κ2) is 7.20. The second-order valence-corrected chi connectivity index (χ2v) is 6.99. The first-order valence-electron chi connectivity index (χ1n) is 7.46. The molecule has 0 spiro atoms. The number of rotatable bonds is 6. The Morgan fingerprint density at radius 2 is 2.19 bits per heavy atom. The normalized spacial score (nSPS) is 20.4. The van der Waals surface area contributed by atoms with E-state index in [-0.39, 0.29) is 6.04 Å². The van der Waals surface area contributed by atoms with Crippen LogP contribution in [0, 0.1) is 6.92 Å². The molecule has 0 radical (unpaired) electrons. The van der Waals surface area contributed by atoms with Crippen LogP contribution in [0.15, 0.2) is 18.3 Å². The van der Waals surface area contributed by atoms with E-state index in [0.29, 0.717) is 18.8 Å². The van der Waals surface area contributed by atoms with Gasteiger partial charge < -0.3 is 5.32 Å². The van der Waals surface area contributed by atoms with Gasteiger partial charge in [0, 0.05) is 24.8 Å². The number of hydrogen-bond acceptors (Lipinski definition) is 4. The third-order valence-corrected chi connectivity index (χ3v) is 5.26. The van der Waals surface area contributed by atoms with Crippen molar-refractivity contribution in [3.63, 3.8) is 0 Å². The molecule has 1 saturated heterocycles. The van der Waals surface area contributed by atoms with E-state index in [1.165, 1.54) is 0 Å². The van der Waals surface area contributed by atoms with E-state index in [9.17, 15) is 8.42 Å². The fraction of sp³-hybridized carbons (Fsp3) is 0.643. The third-order valence-electron chi connectivity index (χ3n) is 3.67. The molecule has 1 aliphatic heterocycles. The third kappa shape index (κ3) is 4.39. The maximum absolute atomic E-state index is 12.6. The van der Waals surface area contributed by atoms with Crippen LogP contribution in [0.2, 0.25) is 0 Å². The molecule has 1 aliphatic rings. The molecular formula is C14H24N4O2S. The van der Waals surface area contributed by atoms with Crippen molar-refractivity contribution in [2.75, 3.05) is 24.4 Å². The molecule has 2 heterocycles. The summed E-state index contributed by atoms with van der Waals surface area (Å²) in [5, 5.41) is 3.25. The number of nitrogens with zero attached hydrogens (tertiary/aromatic N) is 2. The summed E-state index contributed by atoms with van der Waals surface area (Å²) in [5.41, 5.74) is 1.37. The molecule has 0 amide bonds. The molecule has 2 rings (SSSR count). The van der Waals surface area contributed by atoms with Crippen LogP contribution in [0.1, 0.15) is 31.9 Å². The van der Waals surface area contributed by atoms with E-state index < -0.39 is 10.2 Å². The van der Waals surface area contributed by atoms with Gasteiger partial charge in [-0.05, 0) is 38.4 Å². The predicted molar refractivity (Wildman–Crippen MR) is 84.4 cm³/mol. The standard InChI is InChI=1S/C14H24N4O2S/c1-3-15-11-14-6-4-5-9-18(14)21(19,20)17-13-8-7-12(2)16-10-13/h7-8,10,14-15,17H,3-6,9,11H2,1-2H3. The van der Waals surface area contributed by atoms with E-state index in [4.69, 9.17) is 0 Å². The lowest BCUT2D eigenvalue weighted by Crippen LogP contribution is -2.50. The van der Waals surface area contributed by atoms with Crippen molar-refractivity contribution < 1.29 is 8.42 Å². The van der Waals surface area contributed by atoms with Gasteiger partial charge in [-0.1, -0.05) is 13.3 Å². The lowest BCUT2D eigenvalue weighted by molar-refractivity contribution is 0.248. The second-order valence-electron chi connectivity index (χ2n) is 5.36. The summed E-state index contributed by atoms with van der Waals surface area (Å²) in [7, 11) is -3.53. The highest BCUT2D eigenvalue weighted by atomic mass is 32.2. The lowest BCUT2D eigenvalue weighted by Gasteiger charge is -2.34. The molecule has 0 saturated carbocycles. The van der Waals surface area contributed by atoms with Gasteiger partial charge in [0.15, 0.2) is 0 Å². The molecule has 0 aromatic carbocycles. The van der Waals surface area contributed by atoms with Gasteiger partial charge in [-0.3, -0.25) is 9.71 Å².